The Bertz CT molecular complexity index is 162. The van der Waals surface area contributed by atoms with Gasteiger partial charge < -0.3 is 10.5 Å². The maximum atomic E-state index is 5.94. The van der Waals surface area contributed by atoms with Crippen molar-refractivity contribution < 1.29 is 4.74 Å². The van der Waals surface area contributed by atoms with E-state index in [1.54, 1.807) is 7.11 Å². The lowest BCUT2D eigenvalue weighted by molar-refractivity contribution is 0.0898. The van der Waals surface area contributed by atoms with Gasteiger partial charge in [-0.1, -0.05) is 19.8 Å². The second-order valence-corrected chi connectivity index (χ2v) is 5.18. The molecule has 0 aromatic heterocycles. The SMILES string of the molecule is CCCC1CCC(CN)(CCOC)CC1. The fourth-order valence-corrected chi connectivity index (χ4v) is 2.86. The first-order chi connectivity index (χ1) is 7.26. The molecule has 0 saturated heterocycles. The molecule has 2 nitrogen and oxygen atoms in total. The molecule has 0 aromatic carbocycles. The van der Waals surface area contributed by atoms with Gasteiger partial charge in [0.2, 0.25) is 0 Å². The van der Waals surface area contributed by atoms with Crippen molar-refractivity contribution in [3.05, 3.63) is 0 Å². The summed E-state index contributed by atoms with van der Waals surface area (Å²) in [5, 5.41) is 0. The van der Waals surface area contributed by atoms with E-state index >= 15 is 0 Å². The zero-order chi connectivity index (χ0) is 11.1. The number of rotatable bonds is 6. The highest BCUT2D eigenvalue weighted by atomic mass is 16.5. The highest BCUT2D eigenvalue weighted by Crippen LogP contribution is 2.42. The Labute approximate surface area is 94.6 Å². The van der Waals surface area contributed by atoms with E-state index in [9.17, 15) is 0 Å². The summed E-state index contributed by atoms with van der Waals surface area (Å²) in [4.78, 5) is 0. The van der Waals surface area contributed by atoms with Gasteiger partial charge in [-0.05, 0) is 50.0 Å². The molecule has 0 heterocycles. The van der Waals surface area contributed by atoms with Gasteiger partial charge in [0.15, 0.2) is 0 Å². The zero-order valence-corrected chi connectivity index (χ0v) is 10.4. The van der Waals surface area contributed by atoms with Gasteiger partial charge in [-0.15, -0.1) is 0 Å². The van der Waals surface area contributed by atoms with Gasteiger partial charge in [-0.25, -0.2) is 0 Å². The predicted molar refractivity (Wildman–Crippen MR) is 64.8 cm³/mol. The molecule has 0 aromatic rings. The van der Waals surface area contributed by atoms with Crippen LogP contribution in [0, 0.1) is 11.3 Å². The summed E-state index contributed by atoms with van der Waals surface area (Å²) in [6, 6.07) is 0. The Morgan fingerprint density at radius 3 is 2.47 bits per heavy atom. The third-order valence-electron chi connectivity index (χ3n) is 4.13. The van der Waals surface area contributed by atoms with Crippen LogP contribution in [0.2, 0.25) is 0 Å². The van der Waals surface area contributed by atoms with Crippen LogP contribution >= 0.6 is 0 Å². The summed E-state index contributed by atoms with van der Waals surface area (Å²) in [5.74, 6) is 0.970. The zero-order valence-electron chi connectivity index (χ0n) is 10.4. The van der Waals surface area contributed by atoms with Crippen LogP contribution < -0.4 is 5.73 Å². The Balaban J connectivity index is 2.36. The molecule has 1 saturated carbocycles. The van der Waals surface area contributed by atoms with Crippen molar-refractivity contribution in [2.75, 3.05) is 20.3 Å². The van der Waals surface area contributed by atoms with Gasteiger partial charge in [-0.3, -0.25) is 0 Å². The van der Waals surface area contributed by atoms with Crippen LogP contribution in [0.4, 0.5) is 0 Å². The van der Waals surface area contributed by atoms with Gasteiger partial charge in [-0.2, -0.15) is 0 Å². The van der Waals surface area contributed by atoms with Gasteiger partial charge in [0.1, 0.15) is 0 Å². The molecule has 0 aliphatic heterocycles. The summed E-state index contributed by atoms with van der Waals surface area (Å²) in [6.45, 7) is 4.00. The first kappa shape index (κ1) is 13.0. The van der Waals surface area contributed by atoms with Gasteiger partial charge in [0.25, 0.3) is 0 Å². The molecule has 0 amide bonds. The van der Waals surface area contributed by atoms with E-state index in [2.05, 4.69) is 6.92 Å². The number of nitrogens with two attached hydrogens (primary N) is 1. The minimum absolute atomic E-state index is 0.403. The van der Waals surface area contributed by atoms with Crippen molar-refractivity contribution in [3.63, 3.8) is 0 Å². The Kier molecular flexibility index (Phi) is 5.62. The van der Waals surface area contributed by atoms with Crippen molar-refractivity contribution in [2.24, 2.45) is 17.1 Å². The van der Waals surface area contributed by atoms with Crippen LogP contribution in [0.25, 0.3) is 0 Å². The summed E-state index contributed by atoms with van der Waals surface area (Å²) >= 11 is 0. The molecule has 90 valence electrons. The fourth-order valence-electron chi connectivity index (χ4n) is 2.86. The number of hydrogen-bond acceptors (Lipinski definition) is 2. The van der Waals surface area contributed by atoms with Crippen LogP contribution in [-0.4, -0.2) is 20.3 Å². The molecule has 1 aliphatic carbocycles. The van der Waals surface area contributed by atoms with E-state index in [0.717, 1.165) is 25.5 Å². The van der Waals surface area contributed by atoms with E-state index in [-0.39, 0.29) is 0 Å². The van der Waals surface area contributed by atoms with Crippen molar-refractivity contribution in [1.82, 2.24) is 0 Å². The monoisotopic (exact) mass is 213 g/mol. The Morgan fingerprint density at radius 1 is 1.33 bits per heavy atom. The first-order valence-corrected chi connectivity index (χ1v) is 6.45. The molecule has 0 atom stereocenters. The normalized spacial score (nSPS) is 31.8. The molecular formula is C13H27NO. The maximum absolute atomic E-state index is 5.94. The second kappa shape index (κ2) is 6.49. The first-order valence-electron chi connectivity index (χ1n) is 6.45. The quantitative estimate of drug-likeness (QED) is 0.736. The van der Waals surface area contributed by atoms with E-state index in [0.29, 0.717) is 5.41 Å². The van der Waals surface area contributed by atoms with Crippen LogP contribution in [0.5, 0.6) is 0 Å². The van der Waals surface area contributed by atoms with Crippen molar-refractivity contribution >= 4 is 0 Å². The lowest BCUT2D eigenvalue weighted by Crippen LogP contribution is -2.35. The summed E-state index contributed by atoms with van der Waals surface area (Å²) < 4.78 is 5.19. The van der Waals surface area contributed by atoms with Gasteiger partial charge in [0.05, 0.1) is 0 Å². The molecule has 2 heteroatoms. The number of ether oxygens (including phenoxy) is 1. The van der Waals surface area contributed by atoms with E-state index in [4.69, 9.17) is 10.5 Å². The van der Waals surface area contributed by atoms with Crippen molar-refractivity contribution in [2.45, 2.75) is 51.9 Å². The third kappa shape index (κ3) is 3.76. The molecule has 1 rings (SSSR count). The second-order valence-electron chi connectivity index (χ2n) is 5.18. The van der Waals surface area contributed by atoms with Crippen LogP contribution in [-0.2, 0) is 4.74 Å². The molecule has 0 spiro atoms. The van der Waals surface area contributed by atoms with E-state index in [1.165, 1.54) is 38.5 Å². The number of methoxy groups -OCH3 is 1. The molecule has 2 N–H and O–H groups in total. The highest BCUT2D eigenvalue weighted by molar-refractivity contribution is 4.86. The van der Waals surface area contributed by atoms with Crippen LogP contribution in [0.3, 0.4) is 0 Å². The Hall–Kier alpha value is -0.0800. The van der Waals surface area contributed by atoms with Gasteiger partial charge >= 0.3 is 0 Å². The van der Waals surface area contributed by atoms with Crippen molar-refractivity contribution in [1.29, 1.82) is 0 Å². The molecule has 1 fully saturated rings. The van der Waals surface area contributed by atoms with Gasteiger partial charge in [0, 0.05) is 13.7 Å². The molecule has 0 unspecified atom stereocenters. The van der Waals surface area contributed by atoms with E-state index < -0.39 is 0 Å². The molecule has 1 aliphatic rings. The minimum atomic E-state index is 0.403. The minimum Gasteiger partial charge on any atom is -0.385 e. The standard InChI is InChI=1S/C13H27NO/c1-3-4-12-5-7-13(11-14,8-6-12)9-10-15-2/h12H,3-11,14H2,1-2H3. The molecule has 0 bridgehead atoms. The largest absolute Gasteiger partial charge is 0.385 e. The average Bonchev–Trinajstić information content (AvgIpc) is 2.29. The topological polar surface area (TPSA) is 35.2 Å². The van der Waals surface area contributed by atoms with Crippen molar-refractivity contribution in [3.8, 4) is 0 Å². The predicted octanol–water partition coefficient (Wildman–Crippen LogP) is 2.96. The van der Waals surface area contributed by atoms with Crippen LogP contribution in [0.15, 0.2) is 0 Å². The highest BCUT2D eigenvalue weighted by Gasteiger charge is 2.33. The summed E-state index contributed by atoms with van der Waals surface area (Å²) in [6.07, 6.45) is 9.29. The Morgan fingerprint density at radius 2 is 2.00 bits per heavy atom. The lowest BCUT2D eigenvalue weighted by atomic mass is 9.68. The molecular weight excluding hydrogens is 186 g/mol. The molecule has 15 heavy (non-hydrogen) atoms. The third-order valence-corrected chi connectivity index (χ3v) is 4.13. The van der Waals surface area contributed by atoms with Crippen LogP contribution in [0.1, 0.15) is 51.9 Å². The average molecular weight is 213 g/mol. The number of hydrogen-bond donors (Lipinski definition) is 1. The van der Waals surface area contributed by atoms with E-state index in [1.807, 2.05) is 0 Å². The molecule has 0 radical (unpaired) electrons. The lowest BCUT2D eigenvalue weighted by Gasteiger charge is -2.39. The summed E-state index contributed by atoms with van der Waals surface area (Å²) in [7, 11) is 1.78. The maximum Gasteiger partial charge on any atom is 0.0468 e. The summed E-state index contributed by atoms with van der Waals surface area (Å²) in [5.41, 5.74) is 6.35. The fraction of sp³-hybridized carbons (Fsp3) is 1.00. The smallest absolute Gasteiger partial charge is 0.0468 e.